The van der Waals surface area contributed by atoms with Gasteiger partial charge in [-0.15, -0.1) is 0 Å². The molecular formula is C16H24N4. The summed E-state index contributed by atoms with van der Waals surface area (Å²) in [6, 6.07) is 6.37. The first-order valence-corrected chi connectivity index (χ1v) is 7.30. The minimum Gasteiger partial charge on any atom is -0.322 e. The van der Waals surface area contributed by atoms with Gasteiger partial charge in [0.1, 0.15) is 5.82 Å². The van der Waals surface area contributed by atoms with E-state index in [1.165, 1.54) is 16.7 Å². The summed E-state index contributed by atoms with van der Waals surface area (Å²) in [6.45, 7) is 9.06. The molecule has 2 aromatic rings. The van der Waals surface area contributed by atoms with Gasteiger partial charge in [0, 0.05) is 18.9 Å². The number of nitrogens with zero attached hydrogens (tertiary/aromatic N) is 3. The highest BCUT2D eigenvalue weighted by atomic mass is 15.3. The lowest BCUT2D eigenvalue weighted by Crippen LogP contribution is -2.21. The normalized spacial score (nSPS) is 12.7. The molecule has 20 heavy (non-hydrogen) atoms. The molecular weight excluding hydrogens is 248 g/mol. The smallest absolute Gasteiger partial charge is 0.150 e. The van der Waals surface area contributed by atoms with Crippen LogP contribution in [0.2, 0.25) is 0 Å². The van der Waals surface area contributed by atoms with Gasteiger partial charge in [0.2, 0.25) is 0 Å². The van der Waals surface area contributed by atoms with Crippen molar-refractivity contribution in [3.05, 3.63) is 46.5 Å². The first-order chi connectivity index (χ1) is 9.55. The number of hydrogen-bond donors (Lipinski definition) is 1. The van der Waals surface area contributed by atoms with Crippen LogP contribution in [0, 0.1) is 13.8 Å². The summed E-state index contributed by atoms with van der Waals surface area (Å²) in [5.74, 6) is 1.91. The van der Waals surface area contributed by atoms with E-state index in [0.717, 1.165) is 24.5 Å². The van der Waals surface area contributed by atoms with Crippen molar-refractivity contribution in [1.82, 2.24) is 14.8 Å². The lowest BCUT2D eigenvalue weighted by atomic mass is 9.99. The Morgan fingerprint density at radius 3 is 2.60 bits per heavy atom. The zero-order valence-corrected chi connectivity index (χ0v) is 12.8. The van der Waals surface area contributed by atoms with Gasteiger partial charge >= 0.3 is 0 Å². The van der Waals surface area contributed by atoms with Gasteiger partial charge in [-0.3, -0.25) is 0 Å². The van der Waals surface area contributed by atoms with Crippen molar-refractivity contribution in [3.8, 4) is 0 Å². The SMILES string of the molecule is CCc1nc(CC)n(CC(N)c2cc(C)ccc2C)n1. The Bertz CT molecular complexity index is 586. The van der Waals surface area contributed by atoms with Crippen molar-refractivity contribution in [3.63, 3.8) is 0 Å². The number of nitrogens with two attached hydrogens (primary N) is 1. The van der Waals surface area contributed by atoms with Crippen molar-refractivity contribution < 1.29 is 0 Å². The zero-order chi connectivity index (χ0) is 14.7. The summed E-state index contributed by atoms with van der Waals surface area (Å²) in [6.07, 6.45) is 1.74. The van der Waals surface area contributed by atoms with Gasteiger partial charge in [0.15, 0.2) is 5.82 Å². The van der Waals surface area contributed by atoms with Crippen LogP contribution in [0.15, 0.2) is 18.2 Å². The van der Waals surface area contributed by atoms with Gasteiger partial charge in [0.05, 0.1) is 6.54 Å². The van der Waals surface area contributed by atoms with E-state index in [1.807, 2.05) is 4.68 Å². The molecule has 108 valence electrons. The van der Waals surface area contributed by atoms with Crippen LogP contribution >= 0.6 is 0 Å². The molecule has 1 unspecified atom stereocenters. The standard InChI is InChI=1S/C16H24N4/c1-5-15-18-16(6-2)20(19-15)10-14(17)13-9-11(3)7-8-12(13)4/h7-9,14H,5-6,10,17H2,1-4H3. The average Bonchev–Trinajstić information content (AvgIpc) is 2.83. The maximum Gasteiger partial charge on any atom is 0.150 e. The molecule has 0 bridgehead atoms. The fourth-order valence-electron chi connectivity index (χ4n) is 2.43. The topological polar surface area (TPSA) is 56.7 Å². The maximum atomic E-state index is 6.38. The minimum absolute atomic E-state index is 0.0494. The highest BCUT2D eigenvalue weighted by Gasteiger charge is 2.14. The molecule has 1 atom stereocenters. The summed E-state index contributed by atoms with van der Waals surface area (Å²) in [4.78, 5) is 4.53. The summed E-state index contributed by atoms with van der Waals surface area (Å²) in [5, 5.41) is 4.54. The van der Waals surface area contributed by atoms with Crippen LogP contribution in [-0.4, -0.2) is 14.8 Å². The highest BCUT2D eigenvalue weighted by Crippen LogP contribution is 2.19. The largest absolute Gasteiger partial charge is 0.322 e. The second kappa shape index (κ2) is 6.18. The predicted molar refractivity (Wildman–Crippen MR) is 81.6 cm³/mol. The van der Waals surface area contributed by atoms with Gasteiger partial charge in [-0.05, 0) is 25.0 Å². The fourth-order valence-corrected chi connectivity index (χ4v) is 2.43. The van der Waals surface area contributed by atoms with Crippen LogP contribution in [0.1, 0.15) is 48.2 Å². The molecule has 0 aliphatic rings. The molecule has 1 aromatic carbocycles. The summed E-state index contributed by atoms with van der Waals surface area (Å²) in [5.41, 5.74) is 10.1. The van der Waals surface area contributed by atoms with Crippen molar-refractivity contribution in [2.24, 2.45) is 5.73 Å². The van der Waals surface area contributed by atoms with Crippen molar-refractivity contribution >= 4 is 0 Å². The third-order valence-corrected chi connectivity index (χ3v) is 3.63. The predicted octanol–water partition coefficient (Wildman–Crippen LogP) is 2.72. The molecule has 1 heterocycles. The lowest BCUT2D eigenvalue weighted by molar-refractivity contribution is 0.504. The first kappa shape index (κ1) is 14.7. The number of benzene rings is 1. The minimum atomic E-state index is -0.0494. The number of aromatic nitrogens is 3. The van der Waals surface area contributed by atoms with Crippen molar-refractivity contribution in [2.75, 3.05) is 0 Å². The van der Waals surface area contributed by atoms with Crippen LogP contribution in [0.3, 0.4) is 0 Å². The number of aryl methyl sites for hydroxylation is 4. The van der Waals surface area contributed by atoms with Crippen LogP contribution < -0.4 is 5.73 Å². The lowest BCUT2D eigenvalue weighted by Gasteiger charge is -2.16. The quantitative estimate of drug-likeness (QED) is 0.910. The Morgan fingerprint density at radius 2 is 1.95 bits per heavy atom. The Balaban J connectivity index is 2.24. The van der Waals surface area contributed by atoms with Crippen molar-refractivity contribution in [1.29, 1.82) is 0 Å². The third-order valence-electron chi connectivity index (χ3n) is 3.63. The third kappa shape index (κ3) is 3.07. The van der Waals surface area contributed by atoms with Crippen LogP contribution in [0.5, 0.6) is 0 Å². The average molecular weight is 272 g/mol. The Morgan fingerprint density at radius 1 is 1.20 bits per heavy atom. The Kier molecular flexibility index (Phi) is 4.55. The van der Waals surface area contributed by atoms with E-state index in [9.17, 15) is 0 Å². The van der Waals surface area contributed by atoms with E-state index in [2.05, 4.69) is 56.0 Å². The van der Waals surface area contributed by atoms with Gasteiger partial charge in [-0.2, -0.15) is 5.10 Å². The Labute approximate surface area is 121 Å². The van der Waals surface area contributed by atoms with E-state index >= 15 is 0 Å². The first-order valence-electron chi connectivity index (χ1n) is 7.30. The summed E-state index contributed by atoms with van der Waals surface area (Å²) >= 11 is 0. The molecule has 0 saturated carbocycles. The second-order valence-corrected chi connectivity index (χ2v) is 5.30. The monoisotopic (exact) mass is 272 g/mol. The Hall–Kier alpha value is -1.68. The summed E-state index contributed by atoms with van der Waals surface area (Å²) in [7, 11) is 0. The molecule has 0 radical (unpaired) electrons. The van der Waals surface area contributed by atoms with E-state index in [4.69, 9.17) is 5.73 Å². The molecule has 0 spiro atoms. The van der Waals surface area contributed by atoms with Crippen LogP contribution in [0.25, 0.3) is 0 Å². The molecule has 1 aromatic heterocycles. The fraction of sp³-hybridized carbons (Fsp3) is 0.500. The molecule has 0 aliphatic carbocycles. The molecule has 0 saturated heterocycles. The van der Waals surface area contributed by atoms with Gasteiger partial charge in [-0.1, -0.05) is 37.6 Å². The van der Waals surface area contributed by atoms with Gasteiger partial charge in [-0.25, -0.2) is 9.67 Å². The van der Waals surface area contributed by atoms with Gasteiger partial charge in [0.25, 0.3) is 0 Å². The molecule has 0 amide bonds. The highest BCUT2D eigenvalue weighted by molar-refractivity contribution is 5.32. The van der Waals surface area contributed by atoms with E-state index in [0.29, 0.717) is 6.54 Å². The zero-order valence-electron chi connectivity index (χ0n) is 12.8. The number of hydrogen-bond acceptors (Lipinski definition) is 3. The molecule has 4 heteroatoms. The van der Waals surface area contributed by atoms with Crippen LogP contribution in [-0.2, 0) is 19.4 Å². The van der Waals surface area contributed by atoms with E-state index < -0.39 is 0 Å². The van der Waals surface area contributed by atoms with Crippen molar-refractivity contribution in [2.45, 2.75) is 53.1 Å². The maximum absolute atomic E-state index is 6.38. The van der Waals surface area contributed by atoms with Crippen LogP contribution in [0.4, 0.5) is 0 Å². The van der Waals surface area contributed by atoms with E-state index in [-0.39, 0.29) is 6.04 Å². The number of rotatable bonds is 5. The van der Waals surface area contributed by atoms with Gasteiger partial charge < -0.3 is 5.73 Å². The van der Waals surface area contributed by atoms with E-state index in [1.54, 1.807) is 0 Å². The molecule has 4 nitrogen and oxygen atoms in total. The molecule has 2 rings (SSSR count). The molecule has 0 aliphatic heterocycles. The molecule has 2 N–H and O–H groups in total. The second-order valence-electron chi connectivity index (χ2n) is 5.30. The summed E-state index contributed by atoms with van der Waals surface area (Å²) < 4.78 is 1.96. The molecule has 0 fully saturated rings.